The minimum Gasteiger partial charge on any atom is -0.352 e. The molecule has 2 N–H and O–H groups in total. The van der Waals surface area contributed by atoms with Crippen molar-refractivity contribution < 1.29 is 10.2 Å². The Hall–Kier alpha value is -0.160. The Labute approximate surface area is 72.4 Å². The summed E-state index contributed by atoms with van der Waals surface area (Å²) in [5.74, 6) is -1.58. The van der Waals surface area contributed by atoms with Gasteiger partial charge in [0.25, 0.3) is 0 Å². The molecule has 0 bridgehead atoms. The molecule has 2 fully saturated rings. The van der Waals surface area contributed by atoms with Crippen molar-refractivity contribution >= 4 is 0 Å². The van der Waals surface area contributed by atoms with E-state index in [9.17, 15) is 10.2 Å². The summed E-state index contributed by atoms with van der Waals surface area (Å²) in [6, 6.07) is -0.0972. The quantitative estimate of drug-likeness (QED) is 0.423. The van der Waals surface area contributed by atoms with Gasteiger partial charge in [0.05, 0.1) is 6.04 Å². The highest BCUT2D eigenvalue weighted by atomic mass is 16.5. The molecule has 0 spiro atoms. The molecule has 4 heteroatoms. The third-order valence-corrected chi connectivity index (χ3v) is 2.67. The second kappa shape index (κ2) is 2.67. The van der Waals surface area contributed by atoms with Gasteiger partial charge in [-0.25, -0.2) is 4.90 Å². The molecule has 0 amide bonds. The summed E-state index contributed by atoms with van der Waals surface area (Å²) in [5.41, 5.74) is 0. The zero-order valence-corrected chi connectivity index (χ0v) is 7.40. The third-order valence-electron chi connectivity index (χ3n) is 2.67. The Bertz CT molecular complexity index is 176. The smallest absolute Gasteiger partial charge is 0.241 e. The van der Waals surface area contributed by atoms with E-state index in [0.29, 0.717) is 0 Å². The van der Waals surface area contributed by atoms with E-state index in [1.807, 2.05) is 6.92 Å². The predicted molar refractivity (Wildman–Crippen MR) is 44.4 cm³/mol. The summed E-state index contributed by atoms with van der Waals surface area (Å²) in [4.78, 5) is 3.79. The molecular weight excluding hydrogens is 156 g/mol. The van der Waals surface area contributed by atoms with E-state index in [0.717, 1.165) is 32.6 Å². The van der Waals surface area contributed by atoms with Gasteiger partial charge in [-0.05, 0) is 6.42 Å². The lowest BCUT2D eigenvalue weighted by Gasteiger charge is -2.32. The molecule has 2 saturated heterocycles. The summed E-state index contributed by atoms with van der Waals surface area (Å²) >= 11 is 0. The van der Waals surface area contributed by atoms with Crippen LogP contribution in [0.1, 0.15) is 13.3 Å². The second-order valence-electron chi connectivity index (χ2n) is 3.63. The molecule has 0 aromatic rings. The van der Waals surface area contributed by atoms with E-state index in [1.165, 1.54) is 0 Å². The first-order valence-electron chi connectivity index (χ1n) is 4.60. The van der Waals surface area contributed by atoms with Crippen LogP contribution in [0.15, 0.2) is 0 Å². The maximum atomic E-state index is 9.76. The van der Waals surface area contributed by atoms with Crippen molar-refractivity contribution in [2.75, 3.05) is 26.2 Å². The first-order chi connectivity index (χ1) is 5.66. The lowest BCUT2D eigenvalue weighted by molar-refractivity contribution is -0.256. The SMILES string of the molecule is CCC(N1CC1)C(O)(O)N1CC1. The zero-order chi connectivity index (χ0) is 8.77. The average molecular weight is 172 g/mol. The fourth-order valence-corrected chi connectivity index (χ4v) is 1.74. The van der Waals surface area contributed by atoms with Crippen molar-refractivity contribution in [3.05, 3.63) is 0 Å². The molecule has 0 aromatic carbocycles. The van der Waals surface area contributed by atoms with Gasteiger partial charge in [-0.3, -0.25) is 4.90 Å². The van der Waals surface area contributed by atoms with E-state index in [-0.39, 0.29) is 6.04 Å². The van der Waals surface area contributed by atoms with Gasteiger partial charge in [-0.1, -0.05) is 6.92 Å². The molecule has 2 rings (SSSR count). The van der Waals surface area contributed by atoms with Crippen LogP contribution in [0.4, 0.5) is 0 Å². The van der Waals surface area contributed by atoms with E-state index >= 15 is 0 Å². The largest absolute Gasteiger partial charge is 0.352 e. The Morgan fingerprint density at radius 2 is 1.83 bits per heavy atom. The van der Waals surface area contributed by atoms with E-state index in [1.54, 1.807) is 4.90 Å². The molecule has 2 aliphatic heterocycles. The van der Waals surface area contributed by atoms with Crippen molar-refractivity contribution in [3.8, 4) is 0 Å². The van der Waals surface area contributed by atoms with Crippen LogP contribution in [-0.2, 0) is 0 Å². The van der Waals surface area contributed by atoms with Crippen LogP contribution in [0.2, 0.25) is 0 Å². The van der Waals surface area contributed by atoms with Gasteiger partial charge in [0.2, 0.25) is 5.91 Å². The highest BCUT2D eigenvalue weighted by Crippen LogP contribution is 2.29. The maximum Gasteiger partial charge on any atom is 0.241 e. The Morgan fingerprint density at radius 1 is 1.25 bits per heavy atom. The lowest BCUT2D eigenvalue weighted by Crippen LogP contribution is -2.52. The molecular formula is C8H16N2O2. The maximum absolute atomic E-state index is 9.76. The van der Waals surface area contributed by atoms with Gasteiger partial charge in [0.15, 0.2) is 0 Å². The molecule has 70 valence electrons. The van der Waals surface area contributed by atoms with Crippen molar-refractivity contribution in [2.24, 2.45) is 0 Å². The molecule has 4 nitrogen and oxygen atoms in total. The van der Waals surface area contributed by atoms with Crippen LogP contribution in [0.5, 0.6) is 0 Å². The van der Waals surface area contributed by atoms with E-state index in [2.05, 4.69) is 4.90 Å². The lowest BCUT2D eigenvalue weighted by atomic mass is 10.1. The molecule has 0 radical (unpaired) electrons. The van der Waals surface area contributed by atoms with Gasteiger partial charge >= 0.3 is 0 Å². The van der Waals surface area contributed by atoms with Crippen molar-refractivity contribution in [3.63, 3.8) is 0 Å². The number of hydrogen-bond acceptors (Lipinski definition) is 4. The monoisotopic (exact) mass is 172 g/mol. The van der Waals surface area contributed by atoms with Crippen LogP contribution in [0.25, 0.3) is 0 Å². The second-order valence-corrected chi connectivity index (χ2v) is 3.63. The highest BCUT2D eigenvalue weighted by Gasteiger charge is 2.49. The summed E-state index contributed by atoms with van der Waals surface area (Å²) < 4.78 is 0. The Balaban J connectivity index is 2.01. The molecule has 0 aliphatic carbocycles. The van der Waals surface area contributed by atoms with Crippen LogP contribution in [0, 0.1) is 0 Å². The average Bonchev–Trinajstić information content (AvgIpc) is 2.85. The van der Waals surface area contributed by atoms with Gasteiger partial charge in [-0.15, -0.1) is 0 Å². The van der Waals surface area contributed by atoms with E-state index in [4.69, 9.17) is 0 Å². The van der Waals surface area contributed by atoms with Crippen molar-refractivity contribution in [2.45, 2.75) is 25.3 Å². The van der Waals surface area contributed by atoms with Crippen LogP contribution in [-0.4, -0.2) is 58.1 Å². The summed E-state index contributed by atoms with van der Waals surface area (Å²) in [6.07, 6.45) is 0.795. The molecule has 1 atom stereocenters. The molecule has 0 saturated carbocycles. The minimum atomic E-state index is -1.58. The number of nitrogens with zero attached hydrogens (tertiary/aromatic N) is 2. The van der Waals surface area contributed by atoms with Gasteiger partial charge in [-0.2, -0.15) is 0 Å². The molecule has 0 aromatic heterocycles. The van der Waals surface area contributed by atoms with Crippen LogP contribution in [0.3, 0.4) is 0 Å². The topological polar surface area (TPSA) is 46.5 Å². The summed E-state index contributed by atoms with van der Waals surface area (Å²) in [6.45, 7) is 5.65. The summed E-state index contributed by atoms with van der Waals surface area (Å²) in [7, 11) is 0. The highest BCUT2D eigenvalue weighted by molar-refractivity contribution is 4.94. The molecule has 1 unspecified atom stereocenters. The standard InChI is InChI=1S/C8H16N2O2/c1-2-7(9-3-4-9)8(11,12)10-5-6-10/h7,11-12H,2-6H2,1H3. The first kappa shape index (κ1) is 8.44. The zero-order valence-electron chi connectivity index (χ0n) is 7.40. The normalized spacial score (nSPS) is 27.2. The van der Waals surface area contributed by atoms with Crippen molar-refractivity contribution in [1.29, 1.82) is 0 Å². The molecule has 12 heavy (non-hydrogen) atoms. The fourth-order valence-electron chi connectivity index (χ4n) is 1.74. The third kappa shape index (κ3) is 1.35. The Morgan fingerprint density at radius 3 is 2.17 bits per heavy atom. The Kier molecular flexibility index (Phi) is 1.88. The molecule has 2 aliphatic rings. The number of hydrogen-bond donors (Lipinski definition) is 2. The molecule has 2 heterocycles. The minimum absolute atomic E-state index is 0.0972. The first-order valence-corrected chi connectivity index (χ1v) is 4.60. The van der Waals surface area contributed by atoms with E-state index < -0.39 is 5.91 Å². The fraction of sp³-hybridized carbons (Fsp3) is 1.00. The number of aliphatic hydroxyl groups is 2. The van der Waals surface area contributed by atoms with Gasteiger partial charge in [0.1, 0.15) is 0 Å². The van der Waals surface area contributed by atoms with Gasteiger partial charge < -0.3 is 10.2 Å². The van der Waals surface area contributed by atoms with Crippen LogP contribution < -0.4 is 0 Å². The number of rotatable bonds is 4. The summed E-state index contributed by atoms with van der Waals surface area (Å²) in [5, 5.41) is 19.5. The predicted octanol–water partition coefficient (Wildman–Crippen LogP) is -0.965. The van der Waals surface area contributed by atoms with Crippen LogP contribution >= 0.6 is 0 Å². The van der Waals surface area contributed by atoms with Gasteiger partial charge in [0, 0.05) is 26.2 Å². The van der Waals surface area contributed by atoms with Crippen molar-refractivity contribution in [1.82, 2.24) is 9.80 Å².